The number of aliphatic hydroxyl groups excluding tert-OH is 1. The summed E-state index contributed by atoms with van der Waals surface area (Å²) in [6, 6.07) is 0. The molecule has 2 aromatic heterocycles. The molecule has 18 heavy (non-hydrogen) atoms. The molecule has 0 aliphatic heterocycles. The third-order valence-electron chi connectivity index (χ3n) is 3.66. The van der Waals surface area contributed by atoms with Gasteiger partial charge in [-0.2, -0.15) is 0 Å². The second-order valence-electron chi connectivity index (χ2n) is 4.96. The lowest BCUT2D eigenvalue weighted by atomic mass is 9.88. The van der Waals surface area contributed by atoms with Gasteiger partial charge in [-0.3, -0.25) is 4.40 Å². The van der Waals surface area contributed by atoms with Crippen molar-refractivity contribution in [1.82, 2.24) is 9.38 Å². The predicted molar refractivity (Wildman–Crippen MR) is 70.7 cm³/mol. The molecule has 0 radical (unpaired) electrons. The maximum absolute atomic E-state index is 9.09. The van der Waals surface area contributed by atoms with E-state index in [-0.39, 0.29) is 0 Å². The quantitative estimate of drug-likeness (QED) is 0.924. The summed E-state index contributed by atoms with van der Waals surface area (Å²) in [5, 5.41) is 11.1. The number of ether oxygens (including phenoxy) is 1. The summed E-state index contributed by atoms with van der Waals surface area (Å²) in [6.07, 6.45) is 8.68. The average molecular weight is 266 g/mol. The van der Waals surface area contributed by atoms with Crippen LogP contribution in [0, 0.1) is 5.92 Å². The summed E-state index contributed by atoms with van der Waals surface area (Å²) in [5.41, 5.74) is 1.01. The Morgan fingerprint density at radius 3 is 2.94 bits per heavy atom. The van der Waals surface area contributed by atoms with Crippen molar-refractivity contribution >= 4 is 16.3 Å². The highest BCUT2D eigenvalue weighted by molar-refractivity contribution is 7.15. The molecule has 0 aromatic carbocycles. The Hall–Kier alpha value is -0.910. The zero-order chi connectivity index (χ0) is 12.4. The Bertz CT molecular complexity index is 471. The minimum Gasteiger partial charge on any atom is -0.396 e. The third kappa shape index (κ3) is 2.58. The zero-order valence-corrected chi connectivity index (χ0v) is 11.1. The molecule has 2 heterocycles. The van der Waals surface area contributed by atoms with Crippen molar-refractivity contribution in [2.75, 3.05) is 6.61 Å². The van der Waals surface area contributed by atoms with Crippen LogP contribution in [0.25, 0.3) is 4.96 Å². The van der Waals surface area contributed by atoms with Crippen LogP contribution in [0.3, 0.4) is 0 Å². The van der Waals surface area contributed by atoms with Gasteiger partial charge in [-0.1, -0.05) is 0 Å². The highest BCUT2D eigenvalue weighted by atomic mass is 32.1. The molecular weight excluding hydrogens is 248 g/mol. The largest absolute Gasteiger partial charge is 0.396 e. The molecule has 0 spiro atoms. The highest BCUT2D eigenvalue weighted by Gasteiger charge is 2.21. The molecule has 3 rings (SSSR count). The number of thiazole rings is 1. The maximum atomic E-state index is 9.09. The van der Waals surface area contributed by atoms with Crippen LogP contribution in [-0.2, 0) is 11.3 Å². The zero-order valence-electron chi connectivity index (χ0n) is 10.3. The van der Waals surface area contributed by atoms with Crippen LogP contribution in [0.4, 0.5) is 0 Å². The van der Waals surface area contributed by atoms with Gasteiger partial charge in [0.05, 0.1) is 18.4 Å². The van der Waals surface area contributed by atoms with Gasteiger partial charge in [-0.15, -0.1) is 11.3 Å². The van der Waals surface area contributed by atoms with Crippen LogP contribution >= 0.6 is 11.3 Å². The Morgan fingerprint density at radius 2 is 2.22 bits per heavy atom. The van der Waals surface area contributed by atoms with Crippen molar-refractivity contribution in [3.05, 3.63) is 23.5 Å². The van der Waals surface area contributed by atoms with E-state index in [0.717, 1.165) is 36.3 Å². The summed E-state index contributed by atoms with van der Waals surface area (Å²) >= 11 is 1.64. The normalized spacial score (nSPS) is 24.7. The van der Waals surface area contributed by atoms with Gasteiger partial charge in [0.2, 0.25) is 0 Å². The Morgan fingerprint density at radius 1 is 1.39 bits per heavy atom. The standard InChI is InChI=1S/C13H18N2O2S/c16-8-10-1-3-12(4-2-10)17-9-11-7-15-5-6-18-13(15)14-11/h5-7,10,12,16H,1-4,8-9H2. The summed E-state index contributed by atoms with van der Waals surface area (Å²) in [4.78, 5) is 5.53. The second kappa shape index (κ2) is 5.38. The van der Waals surface area contributed by atoms with Gasteiger partial charge >= 0.3 is 0 Å². The molecule has 1 aliphatic carbocycles. The number of fused-ring (bicyclic) bond motifs is 1. The fourth-order valence-electron chi connectivity index (χ4n) is 2.53. The van der Waals surface area contributed by atoms with E-state index in [9.17, 15) is 0 Å². The Balaban J connectivity index is 1.51. The Labute approximate surface area is 110 Å². The first-order valence-corrected chi connectivity index (χ1v) is 7.36. The van der Waals surface area contributed by atoms with Crippen LogP contribution in [0.5, 0.6) is 0 Å². The van der Waals surface area contributed by atoms with E-state index in [1.54, 1.807) is 11.3 Å². The van der Waals surface area contributed by atoms with Gasteiger partial charge in [0.15, 0.2) is 4.96 Å². The average Bonchev–Trinajstić information content (AvgIpc) is 2.97. The number of hydrogen-bond acceptors (Lipinski definition) is 4. The maximum Gasteiger partial charge on any atom is 0.193 e. The summed E-state index contributed by atoms with van der Waals surface area (Å²) in [5.74, 6) is 0.489. The van der Waals surface area contributed by atoms with Crippen molar-refractivity contribution in [1.29, 1.82) is 0 Å². The van der Waals surface area contributed by atoms with E-state index >= 15 is 0 Å². The SMILES string of the molecule is OCC1CCC(OCc2cn3ccsc3n2)CC1. The lowest BCUT2D eigenvalue weighted by Crippen LogP contribution is -2.23. The third-order valence-corrected chi connectivity index (χ3v) is 4.43. The summed E-state index contributed by atoms with van der Waals surface area (Å²) in [6.45, 7) is 0.924. The molecule has 0 unspecified atom stereocenters. The predicted octanol–water partition coefficient (Wildman–Crippen LogP) is 2.46. The molecule has 1 fully saturated rings. The highest BCUT2D eigenvalue weighted by Crippen LogP contribution is 2.26. The van der Waals surface area contributed by atoms with E-state index < -0.39 is 0 Å². The van der Waals surface area contributed by atoms with Crippen LogP contribution in [0.15, 0.2) is 17.8 Å². The molecule has 4 nitrogen and oxygen atoms in total. The number of imidazole rings is 1. The fourth-order valence-corrected chi connectivity index (χ4v) is 3.25. The first-order valence-electron chi connectivity index (χ1n) is 6.48. The van der Waals surface area contributed by atoms with Crippen LogP contribution in [-0.4, -0.2) is 27.2 Å². The molecule has 0 saturated heterocycles. The molecule has 1 saturated carbocycles. The van der Waals surface area contributed by atoms with Gasteiger partial charge < -0.3 is 9.84 Å². The molecule has 1 N–H and O–H groups in total. The minimum absolute atomic E-state index is 0.323. The fraction of sp³-hybridized carbons (Fsp3) is 0.615. The smallest absolute Gasteiger partial charge is 0.193 e. The number of aliphatic hydroxyl groups is 1. The van der Waals surface area contributed by atoms with E-state index in [1.807, 2.05) is 22.2 Å². The summed E-state index contributed by atoms with van der Waals surface area (Å²) < 4.78 is 7.94. The summed E-state index contributed by atoms with van der Waals surface area (Å²) in [7, 11) is 0. The number of aromatic nitrogens is 2. The Kier molecular flexibility index (Phi) is 3.63. The van der Waals surface area contributed by atoms with Crippen LogP contribution in [0.1, 0.15) is 31.4 Å². The molecule has 1 aliphatic rings. The van der Waals surface area contributed by atoms with E-state index in [0.29, 0.717) is 25.2 Å². The number of hydrogen-bond donors (Lipinski definition) is 1. The molecule has 98 valence electrons. The topological polar surface area (TPSA) is 46.8 Å². The van der Waals surface area contributed by atoms with Gasteiger partial charge in [-0.25, -0.2) is 4.98 Å². The first-order chi connectivity index (χ1) is 8.85. The number of rotatable bonds is 4. The van der Waals surface area contributed by atoms with E-state index in [4.69, 9.17) is 9.84 Å². The van der Waals surface area contributed by atoms with Crippen LogP contribution in [0.2, 0.25) is 0 Å². The van der Waals surface area contributed by atoms with Gasteiger partial charge in [0, 0.05) is 24.4 Å². The first kappa shape index (κ1) is 12.1. The van der Waals surface area contributed by atoms with Gasteiger partial charge in [0.1, 0.15) is 0 Å². The van der Waals surface area contributed by atoms with Gasteiger partial charge in [-0.05, 0) is 31.6 Å². The minimum atomic E-state index is 0.323. The molecule has 5 heteroatoms. The lowest BCUT2D eigenvalue weighted by molar-refractivity contribution is 0.00000892. The van der Waals surface area contributed by atoms with Crippen molar-refractivity contribution in [2.24, 2.45) is 5.92 Å². The van der Waals surface area contributed by atoms with Crippen molar-refractivity contribution in [3.63, 3.8) is 0 Å². The molecular formula is C13H18N2O2S. The second-order valence-corrected chi connectivity index (χ2v) is 5.83. The molecule has 0 amide bonds. The van der Waals surface area contributed by atoms with Crippen LogP contribution < -0.4 is 0 Å². The monoisotopic (exact) mass is 266 g/mol. The van der Waals surface area contributed by atoms with Gasteiger partial charge in [0.25, 0.3) is 0 Å². The molecule has 0 atom stereocenters. The van der Waals surface area contributed by atoms with E-state index in [2.05, 4.69) is 4.98 Å². The molecule has 0 bridgehead atoms. The van der Waals surface area contributed by atoms with Crippen molar-refractivity contribution < 1.29 is 9.84 Å². The molecule has 2 aromatic rings. The van der Waals surface area contributed by atoms with E-state index in [1.165, 1.54) is 0 Å². The van der Waals surface area contributed by atoms with Crippen molar-refractivity contribution in [3.8, 4) is 0 Å². The lowest BCUT2D eigenvalue weighted by Gasteiger charge is -2.27. The number of nitrogens with zero attached hydrogens (tertiary/aromatic N) is 2. The van der Waals surface area contributed by atoms with Crippen molar-refractivity contribution in [2.45, 2.75) is 38.4 Å².